The summed E-state index contributed by atoms with van der Waals surface area (Å²) in [5.74, 6) is 0.526. The first-order valence-corrected chi connectivity index (χ1v) is 8.52. The molecule has 0 radical (unpaired) electrons. The van der Waals surface area contributed by atoms with Gasteiger partial charge in [0, 0.05) is 19.5 Å². The Morgan fingerprint density at radius 1 is 1.35 bits per heavy atom. The lowest BCUT2D eigenvalue weighted by atomic mass is 9.94. The normalized spacial score (nSPS) is 15.4. The maximum atomic E-state index is 12.4. The van der Waals surface area contributed by atoms with Gasteiger partial charge in [-0.15, -0.1) is 0 Å². The highest BCUT2D eigenvalue weighted by Gasteiger charge is 2.21. The molecule has 2 rings (SSSR count). The summed E-state index contributed by atoms with van der Waals surface area (Å²) >= 11 is 0. The van der Waals surface area contributed by atoms with Crippen molar-refractivity contribution < 1.29 is 14.6 Å². The molecular formula is C18H28N2O3. The minimum atomic E-state index is -0.0266. The van der Waals surface area contributed by atoms with Crippen molar-refractivity contribution in [2.75, 3.05) is 19.4 Å². The molecule has 0 bridgehead atoms. The van der Waals surface area contributed by atoms with Gasteiger partial charge in [0.15, 0.2) is 11.5 Å². The highest BCUT2D eigenvalue weighted by Crippen LogP contribution is 2.34. The van der Waals surface area contributed by atoms with Gasteiger partial charge in [-0.3, -0.25) is 4.79 Å². The van der Waals surface area contributed by atoms with Gasteiger partial charge in [-0.2, -0.15) is 0 Å². The third-order valence-corrected chi connectivity index (χ3v) is 4.61. The largest absolute Gasteiger partial charge is 0.503 e. The molecule has 0 unspecified atom stereocenters. The molecule has 1 aliphatic rings. The first-order chi connectivity index (χ1) is 11.0. The van der Waals surface area contributed by atoms with Crippen LogP contribution in [0.4, 0.5) is 5.69 Å². The molecule has 0 saturated heterocycles. The maximum absolute atomic E-state index is 12.4. The van der Waals surface area contributed by atoms with Crippen LogP contribution in [-0.2, 0) is 11.2 Å². The molecule has 0 spiro atoms. The molecule has 1 saturated carbocycles. The number of amides is 1. The van der Waals surface area contributed by atoms with Gasteiger partial charge in [0.1, 0.15) is 0 Å². The minimum Gasteiger partial charge on any atom is -0.503 e. The van der Waals surface area contributed by atoms with E-state index >= 15 is 0 Å². The number of carbonyl (C=O) groups excluding carboxylic acids is 1. The Bertz CT molecular complexity index is 539. The van der Waals surface area contributed by atoms with Gasteiger partial charge in [-0.05, 0) is 43.9 Å². The van der Waals surface area contributed by atoms with E-state index in [4.69, 9.17) is 10.5 Å². The van der Waals surface area contributed by atoms with E-state index in [1.54, 1.807) is 12.1 Å². The second-order valence-corrected chi connectivity index (χ2v) is 6.26. The number of nitrogens with two attached hydrogens (primary N) is 1. The fourth-order valence-corrected chi connectivity index (χ4v) is 3.20. The third kappa shape index (κ3) is 4.53. The van der Waals surface area contributed by atoms with E-state index in [2.05, 4.69) is 0 Å². The van der Waals surface area contributed by atoms with Crippen molar-refractivity contribution >= 4 is 11.6 Å². The van der Waals surface area contributed by atoms with Crippen LogP contribution in [0.15, 0.2) is 12.1 Å². The molecule has 5 nitrogen and oxygen atoms in total. The summed E-state index contributed by atoms with van der Waals surface area (Å²) in [5, 5.41) is 9.86. The molecular weight excluding hydrogens is 292 g/mol. The fourth-order valence-electron chi connectivity index (χ4n) is 3.20. The minimum absolute atomic E-state index is 0.0266. The van der Waals surface area contributed by atoms with Crippen LogP contribution in [0.25, 0.3) is 0 Å². The number of hydrogen-bond acceptors (Lipinski definition) is 4. The molecule has 3 N–H and O–H groups in total. The van der Waals surface area contributed by atoms with Gasteiger partial charge in [-0.1, -0.05) is 19.3 Å². The van der Waals surface area contributed by atoms with Gasteiger partial charge in [0.05, 0.1) is 12.3 Å². The van der Waals surface area contributed by atoms with Crippen LogP contribution in [0.3, 0.4) is 0 Å². The van der Waals surface area contributed by atoms with Crippen LogP contribution >= 0.6 is 0 Å². The number of benzene rings is 1. The molecule has 0 heterocycles. The molecule has 5 heteroatoms. The maximum Gasteiger partial charge on any atom is 0.222 e. The van der Waals surface area contributed by atoms with Crippen LogP contribution < -0.4 is 10.5 Å². The van der Waals surface area contributed by atoms with Gasteiger partial charge in [0.25, 0.3) is 0 Å². The molecule has 128 valence electrons. The molecule has 0 aliphatic heterocycles. The van der Waals surface area contributed by atoms with E-state index in [9.17, 15) is 9.90 Å². The van der Waals surface area contributed by atoms with Crippen molar-refractivity contribution in [3.05, 3.63) is 17.7 Å². The lowest BCUT2D eigenvalue weighted by Gasteiger charge is -2.31. The predicted octanol–water partition coefficient (Wildman–Crippen LogP) is 3.10. The number of hydrogen-bond donors (Lipinski definition) is 2. The zero-order chi connectivity index (χ0) is 16.8. The van der Waals surface area contributed by atoms with Crippen molar-refractivity contribution in [2.45, 2.75) is 57.9 Å². The van der Waals surface area contributed by atoms with Crippen LogP contribution in [0.1, 0.15) is 51.0 Å². The first kappa shape index (κ1) is 17.4. The molecule has 1 aromatic rings. The van der Waals surface area contributed by atoms with Crippen molar-refractivity contribution in [3.8, 4) is 11.5 Å². The summed E-state index contributed by atoms with van der Waals surface area (Å²) in [6.07, 6.45) is 6.99. The van der Waals surface area contributed by atoms with Crippen LogP contribution in [0.2, 0.25) is 0 Å². The predicted molar refractivity (Wildman–Crippen MR) is 91.7 cm³/mol. The van der Waals surface area contributed by atoms with Gasteiger partial charge in [0.2, 0.25) is 5.91 Å². The topological polar surface area (TPSA) is 75.8 Å². The molecule has 0 aromatic heterocycles. The number of carbonyl (C=O) groups is 1. The summed E-state index contributed by atoms with van der Waals surface area (Å²) in [6, 6.07) is 3.87. The third-order valence-electron chi connectivity index (χ3n) is 4.61. The lowest BCUT2D eigenvalue weighted by Crippen LogP contribution is -2.38. The summed E-state index contributed by atoms with van der Waals surface area (Å²) in [6.45, 7) is 2.31. The second kappa shape index (κ2) is 8.09. The van der Waals surface area contributed by atoms with Crippen molar-refractivity contribution in [1.29, 1.82) is 0 Å². The Labute approximate surface area is 138 Å². The number of aryl methyl sites for hydroxylation is 1. The van der Waals surface area contributed by atoms with Gasteiger partial charge >= 0.3 is 0 Å². The standard InChI is InChI=1S/C18H28N2O3/c1-3-23-16-12-13(11-15(19)18(16)22)9-10-17(21)20(2)14-7-5-4-6-8-14/h11-12,14,22H,3-10,19H2,1-2H3. The number of rotatable bonds is 6. The number of ether oxygens (including phenoxy) is 1. The number of anilines is 1. The molecule has 1 aromatic carbocycles. The average Bonchev–Trinajstić information content (AvgIpc) is 2.57. The first-order valence-electron chi connectivity index (χ1n) is 8.52. The van der Waals surface area contributed by atoms with E-state index in [0.29, 0.717) is 36.9 Å². The number of nitrogen functional groups attached to an aromatic ring is 1. The van der Waals surface area contributed by atoms with Gasteiger partial charge in [-0.25, -0.2) is 0 Å². The van der Waals surface area contributed by atoms with E-state index in [1.165, 1.54) is 19.3 Å². The van der Waals surface area contributed by atoms with Crippen LogP contribution in [0, 0.1) is 0 Å². The number of aromatic hydroxyl groups is 1. The lowest BCUT2D eigenvalue weighted by molar-refractivity contribution is -0.132. The average molecular weight is 320 g/mol. The summed E-state index contributed by atoms with van der Waals surface area (Å²) in [7, 11) is 1.91. The van der Waals surface area contributed by atoms with Crippen molar-refractivity contribution in [1.82, 2.24) is 4.90 Å². The monoisotopic (exact) mass is 320 g/mol. The summed E-state index contributed by atoms with van der Waals surface area (Å²) in [5.41, 5.74) is 7.01. The zero-order valence-electron chi connectivity index (χ0n) is 14.2. The smallest absolute Gasteiger partial charge is 0.222 e. The van der Waals surface area contributed by atoms with E-state index in [-0.39, 0.29) is 11.7 Å². The Morgan fingerprint density at radius 2 is 2.04 bits per heavy atom. The quantitative estimate of drug-likeness (QED) is 0.624. The Morgan fingerprint density at radius 3 is 2.70 bits per heavy atom. The van der Waals surface area contributed by atoms with Crippen LogP contribution in [-0.4, -0.2) is 35.6 Å². The fraction of sp³-hybridized carbons (Fsp3) is 0.611. The Balaban J connectivity index is 1.95. The molecule has 23 heavy (non-hydrogen) atoms. The van der Waals surface area contributed by atoms with Crippen molar-refractivity contribution in [2.24, 2.45) is 0 Å². The SMILES string of the molecule is CCOc1cc(CCC(=O)N(C)C2CCCCC2)cc(N)c1O. The highest BCUT2D eigenvalue weighted by molar-refractivity contribution is 5.76. The number of nitrogens with zero attached hydrogens (tertiary/aromatic N) is 1. The Kier molecular flexibility index (Phi) is 6.13. The molecule has 0 atom stereocenters. The van der Waals surface area contributed by atoms with E-state index in [0.717, 1.165) is 18.4 Å². The zero-order valence-corrected chi connectivity index (χ0v) is 14.2. The second-order valence-electron chi connectivity index (χ2n) is 6.26. The van der Waals surface area contributed by atoms with E-state index in [1.807, 2.05) is 18.9 Å². The summed E-state index contributed by atoms with van der Waals surface area (Å²) in [4.78, 5) is 14.3. The van der Waals surface area contributed by atoms with Gasteiger partial charge < -0.3 is 20.5 Å². The molecule has 1 fully saturated rings. The summed E-state index contributed by atoms with van der Waals surface area (Å²) < 4.78 is 5.38. The molecule has 1 amide bonds. The number of phenols is 1. The number of phenolic OH excluding ortho intramolecular Hbond substituents is 1. The highest BCUT2D eigenvalue weighted by atomic mass is 16.5. The van der Waals surface area contributed by atoms with E-state index < -0.39 is 0 Å². The van der Waals surface area contributed by atoms with Crippen molar-refractivity contribution in [3.63, 3.8) is 0 Å². The van der Waals surface area contributed by atoms with Crippen LogP contribution in [0.5, 0.6) is 11.5 Å². The molecule has 1 aliphatic carbocycles. The Hall–Kier alpha value is -1.91.